The highest BCUT2D eigenvalue weighted by molar-refractivity contribution is 5.90. The molecule has 26 heavy (non-hydrogen) atoms. The summed E-state index contributed by atoms with van der Waals surface area (Å²) < 4.78 is 11.0. The van der Waals surface area contributed by atoms with Crippen molar-refractivity contribution in [2.45, 2.75) is 19.8 Å². The number of carbonyl (C=O) groups excluding carboxylic acids is 1. The maximum Gasteiger partial charge on any atom is 0.315 e. The second kappa shape index (κ2) is 9.30. The normalized spacial score (nSPS) is 15.0. The van der Waals surface area contributed by atoms with Crippen LogP contribution in [0.2, 0.25) is 0 Å². The quantitative estimate of drug-likeness (QED) is 0.698. The van der Waals surface area contributed by atoms with Crippen molar-refractivity contribution in [2.24, 2.45) is 0 Å². The number of nitrogens with zero attached hydrogens (tertiary/aromatic N) is 3. The highest BCUT2D eigenvalue weighted by Crippen LogP contribution is 2.21. The lowest BCUT2D eigenvalue weighted by Gasteiger charge is -2.26. The molecular formula is C18H25N5O3. The topological polar surface area (TPSA) is 92.5 Å². The van der Waals surface area contributed by atoms with Gasteiger partial charge in [0.05, 0.1) is 13.2 Å². The molecule has 140 valence electrons. The Morgan fingerprint density at radius 2 is 1.96 bits per heavy atom. The first-order valence-corrected chi connectivity index (χ1v) is 9.02. The fourth-order valence-corrected chi connectivity index (χ4v) is 2.68. The largest absolute Gasteiger partial charge is 0.403 e. The third-order valence-corrected chi connectivity index (χ3v) is 4.19. The summed E-state index contributed by atoms with van der Waals surface area (Å²) in [7, 11) is 0. The lowest BCUT2D eigenvalue weighted by atomic mass is 10.2. The minimum absolute atomic E-state index is 0.0147. The average molecular weight is 359 g/mol. The van der Waals surface area contributed by atoms with E-state index < -0.39 is 0 Å². The Balaban J connectivity index is 1.45. The van der Waals surface area contributed by atoms with Crippen molar-refractivity contribution in [1.82, 2.24) is 15.1 Å². The summed E-state index contributed by atoms with van der Waals surface area (Å²) in [5.74, 6) is 0.438. The number of aromatic nitrogens is 2. The summed E-state index contributed by atoms with van der Waals surface area (Å²) in [4.78, 5) is 13.8. The van der Waals surface area contributed by atoms with Crippen LogP contribution in [0.15, 0.2) is 28.7 Å². The van der Waals surface area contributed by atoms with Gasteiger partial charge in [-0.2, -0.15) is 0 Å². The number of rotatable bonds is 8. The number of anilines is 2. The molecule has 0 radical (unpaired) electrons. The predicted molar refractivity (Wildman–Crippen MR) is 99.0 cm³/mol. The molecule has 1 amide bonds. The molecule has 1 aliphatic heterocycles. The summed E-state index contributed by atoms with van der Waals surface area (Å²) in [6.07, 6.45) is 1.45. The fraction of sp³-hybridized carbons (Fsp3) is 0.500. The van der Waals surface area contributed by atoms with Crippen molar-refractivity contribution < 1.29 is 13.9 Å². The van der Waals surface area contributed by atoms with Gasteiger partial charge in [0.2, 0.25) is 11.8 Å². The first kappa shape index (κ1) is 18.3. The molecule has 1 aromatic carbocycles. The molecule has 2 heterocycles. The summed E-state index contributed by atoms with van der Waals surface area (Å²) in [5, 5.41) is 14.1. The Morgan fingerprint density at radius 3 is 2.69 bits per heavy atom. The highest BCUT2D eigenvalue weighted by Gasteiger charge is 2.11. The second-order valence-electron chi connectivity index (χ2n) is 6.13. The number of hydrogen-bond acceptors (Lipinski definition) is 7. The summed E-state index contributed by atoms with van der Waals surface area (Å²) in [6, 6.07) is 7.76. The van der Waals surface area contributed by atoms with Crippen molar-refractivity contribution in [3.8, 4) is 11.5 Å². The molecule has 2 N–H and O–H groups in total. The van der Waals surface area contributed by atoms with Crippen LogP contribution >= 0.6 is 0 Å². The van der Waals surface area contributed by atoms with Gasteiger partial charge < -0.3 is 19.8 Å². The molecule has 0 aliphatic carbocycles. The number of benzene rings is 1. The standard InChI is InChI=1S/C18H25N5O3/c1-2-16(24)20-15-6-4-14(5-7-15)17-21-22-18(26-17)19-8-3-9-23-10-12-25-13-11-23/h4-7H,2-3,8-13H2,1H3,(H,19,22)(H,20,24). The number of amides is 1. The van der Waals surface area contributed by atoms with Gasteiger partial charge in [0.1, 0.15) is 0 Å². The average Bonchev–Trinajstić information content (AvgIpc) is 3.15. The van der Waals surface area contributed by atoms with Crippen LogP contribution in [-0.2, 0) is 9.53 Å². The summed E-state index contributed by atoms with van der Waals surface area (Å²) in [5.41, 5.74) is 1.56. The van der Waals surface area contributed by atoms with Crippen molar-refractivity contribution in [1.29, 1.82) is 0 Å². The van der Waals surface area contributed by atoms with Gasteiger partial charge in [-0.25, -0.2) is 0 Å². The van der Waals surface area contributed by atoms with E-state index in [1.54, 1.807) is 0 Å². The van der Waals surface area contributed by atoms with Gasteiger partial charge in [-0.3, -0.25) is 9.69 Å². The molecule has 1 aromatic heterocycles. The Morgan fingerprint density at radius 1 is 1.19 bits per heavy atom. The van der Waals surface area contributed by atoms with Crippen LogP contribution in [0.4, 0.5) is 11.7 Å². The second-order valence-corrected chi connectivity index (χ2v) is 6.13. The minimum Gasteiger partial charge on any atom is -0.403 e. The maximum absolute atomic E-state index is 11.4. The molecule has 8 heteroatoms. The zero-order chi connectivity index (χ0) is 18.2. The molecule has 8 nitrogen and oxygen atoms in total. The lowest BCUT2D eigenvalue weighted by molar-refractivity contribution is -0.115. The van der Waals surface area contributed by atoms with E-state index in [4.69, 9.17) is 9.15 Å². The van der Waals surface area contributed by atoms with E-state index in [1.165, 1.54) is 0 Å². The van der Waals surface area contributed by atoms with Crippen molar-refractivity contribution in [2.75, 3.05) is 50.0 Å². The molecule has 0 saturated carbocycles. The number of hydrogen-bond donors (Lipinski definition) is 2. The van der Waals surface area contributed by atoms with E-state index in [0.717, 1.165) is 57.1 Å². The first-order chi connectivity index (χ1) is 12.7. The van der Waals surface area contributed by atoms with Crippen LogP contribution in [0.1, 0.15) is 19.8 Å². The van der Waals surface area contributed by atoms with Gasteiger partial charge in [0.15, 0.2) is 0 Å². The number of morpholine rings is 1. The van der Waals surface area contributed by atoms with Crippen molar-refractivity contribution >= 4 is 17.6 Å². The smallest absolute Gasteiger partial charge is 0.315 e. The predicted octanol–water partition coefficient (Wildman–Crippen LogP) is 2.22. The van der Waals surface area contributed by atoms with Gasteiger partial charge in [0.25, 0.3) is 0 Å². The van der Waals surface area contributed by atoms with Gasteiger partial charge >= 0.3 is 6.01 Å². The number of nitrogens with one attached hydrogen (secondary N) is 2. The Kier molecular flexibility index (Phi) is 6.56. The Hall–Kier alpha value is -2.45. The zero-order valence-electron chi connectivity index (χ0n) is 15.0. The van der Waals surface area contributed by atoms with E-state index in [1.807, 2.05) is 31.2 Å². The monoisotopic (exact) mass is 359 g/mol. The van der Waals surface area contributed by atoms with Crippen LogP contribution in [0.5, 0.6) is 0 Å². The van der Waals surface area contributed by atoms with E-state index >= 15 is 0 Å². The van der Waals surface area contributed by atoms with Crippen molar-refractivity contribution in [3.05, 3.63) is 24.3 Å². The summed E-state index contributed by atoms with van der Waals surface area (Å²) >= 11 is 0. The molecule has 0 unspecified atom stereocenters. The van der Waals surface area contributed by atoms with Gasteiger partial charge in [-0.05, 0) is 37.2 Å². The Bertz CT molecular complexity index is 695. The van der Waals surface area contributed by atoms with Gasteiger partial charge in [-0.15, -0.1) is 5.10 Å². The van der Waals surface area contributed by atoms with Crippen LogP contribution in [0, 0.1) is 0 Å². The van der Waals surface area contributed by atoms with E-state index in [2.05, 4.69) is 25.7 Å². The maximum atomic E-state index is 11.4. The molecule has 0 bridgehead atoms. The third-order valence-electron chi connectivity index (χ3n) is 4.19. The van der Waals surface area contributed by atoms with Gasteiger partial charge in [-0.1, -0.05) is 12.0 Å². The van der Waals surface area contributed by atoms with Crippen LogP contribution in [0.3, 0.4) is 0 Å². The van der Waals surface area contributed by atoms with E-state index in [9.17, 15) is 4.79 Å². The molecule has 0 atom stereocenters. The fourth-order valence-electron chi connectivity index (χ4n) is 2.68. The molecule has 3 rings (SSSR count). The van der Waals surface area contributed by atoms with E-state index in [0.29, 0.717) is 18.3 Å². The molecule has 1 aliphatic rings. The molecule has 2 aromatic rings. The SMILES string of the molecule is CCC(=O)Nc1ccc(-c2nnc(NCCCN3CCOCC3)o2)cc1. The molecular weight excluding hydrogens is 334 g/mol. The molecule has 1 fully saturated rings. The number of ether oxygens (including phenoxy) is 1. The van der Waals surface area contributed by atoms with E-state index in [-0.39, 0.29) is 5.91 Å². The van der Waals surface area contributed by atoms with Crippen LogP contribution in [0.25, 0.3) is 11.5 Å². The lowest BCUT2D eigenvalue weighted by Crippen LogP contribution is -2.37. The molecule has 0 spiro atoms. The molecule has 1 saturated heterocycles. The van der Waals surface area contributed by atoms with Gasteiger partial charge in [0, 0.05) is 37.3 Å². The Labute approximate surface area is 152 Å². The highest BCUT2D eigenvalue weighted by atomic mass is 16.5. The first-order valence-electron chi connectivity index (χ1n) is 9.02. The minimum atomic E-state index is -0.0147. The third kappa shape index (κ3) is 5.27. The summed E-state index contributed by atoms with van der Waals surface area (Å²) in [6.45, 7) is 7.27. The van der Waals surface area contributed by atoms with Crippen molar-refractivity contribution in [3.63, 3.8) is 0 Å². The van der Waals surface area contributed by atoms with Crippen LogP contribution in [-0.4, -0.2) is 60.4 Å². The number of carbonyl (C=O) groups is 1. The van der Waals surface area contributed by atoms with Crippen LogP contribution < -0.4 is 10.6 Å². The zero-order valence-corrected chi connectivity index (χ0v) is 15.0.